The van der Waals surface area contributed by atoms with Gasteiger partial charge in [0.05, 0.1) is 11.1 Å². The van der Waals surface area contributed by atoms with E-state index in [4.69, 9.17) is 15.4 Å². The Labute approximate surface area is 125 Å². The standard InChI is InChI=1S/C12H12N2O7S/c13-22(20,21)9-4-10(15)14(5-9)8-2-6(11(16)17)1-7(3-8)12(18)19/h1-3,9H,4-5H2,(H,16,17)(H,18,19)(H2,13,20,21). The Hall–Kier alpha value is -2.46. The van der Waals surface area contributed by atoms with Gasteiger partial charge >= 0.3 is 11.9 Å². The molecule has 0 saturated carbocycles. The Bertz CT molecular complexity index is 739. The number of carboxylic acid groups (broad SMARTS) is 2. The van der Waals surface area contributed by atoms with Gasteiger partial charge in [-0.25, -0.2) is 23.1 Å². The maximum atomic E-state index is 11.9. The Balaban J connectivity index is 2.46. The highest BCUT2D eigenvalue weighted by Gasteiger charge is 2.37. The quantitative estimate of drug-likeness (QED) is 0.671. The molecule has 4 N–H and O–H groups in total. The lowest BCUT2D eigenvalue weighted by Gasteiger charge is -2.17. The van der Waals surface area contributed by atoms with E-state index in [2.05, 4.69) is 0 Å². The van der Waals surface area contributed by atoms with Crippen LogP contribution in [0.1, 0.15) is 27.1 Å². The number of nitrogens with two attached hydrogens (primary N) is 1. The highest BCUT2D eigenvalue weighted by atomic mass is 32.2. The van der Waals surface area contributed by atoms with E-state index in [0.717, 1.165) is 23.1 Å². The summed E-state index contributed by atoms with van der Waals surface area (Å²) in [5.74, 6) is -3.30. The minimum Gasteiger partial charge on any atom is -0.478 e. The molecular formula is C12H12N2O7S. The van der Waals surface area contributed by atoms with Gasteiger partial charge in [-0.1, -0.05) is 0 Å². The van der Waals surface area contributed by atoms with Crippen molar-refractivity contribution < 1.29 is 33.0 Å². The second-order valence-electron chi connectivity index (χ2n) is 4.80. The Morgan fingerprint density at radius 1 is 1.14 bits per heavy atom. The lowest BCUT2D eigenvalue weighted by Crippen LogP contribution is -2.32. The van der Waals surface area contributed by atoms with Crippen LogP contribution in [0.3, 0.4) is 0 Å². The lowest BCUT2D eigenvalue weighted by molar-refractivity contribution is -0.117. The topological polar surface area (TPSA) is 155 Å². The van der Waals surface area contributed by atoms with Crippen molar-refractivity contribution in [2.45, 2.75) is 11.7 Å². The van der Waals surface area contributed by atoms with E-state index >= 15 is 0 Å². The molecule has 118 valence electrons. The second kappa shape index (κ2) is 5.39. The first-order chi connectivity index (χ1) is 10.1. The molecule has 0 aliphatic carbocycles. The van der Waals surface area contributed by atoms with Gasteiger partial charge in [-0.2, -0.15) is 0 Å². The fourth-order valence-electron chi connectivity index (χ4n) is 2.16. The number of sulfonamides is 1. The van der Waals surface area contributed by atoms with Crippen LogP contribution in [-0.4, -0.2) is 48.3 Å². The van der Waals surface area contributed by atoms with Crippen molar-refractivity contribution in [1.29, 1.82) is 0 Å². The summed E-state index contributed by atoms with van der Waals surface area (Å²) in [6.45, 7) is -0.250. The summed E-state index contributed by atoms with van der Waals surface area (Å²) in [7, 11) is -3.92. The summed E-state index contributed by atoms with van der Waals surface area (Å²) >= 11 is 0. The van der Waals surface area contributed by atoms with Crippen molar-refractivity contribution in [2.24, 2.45) is 5.14 Å². The summed E-state index contributed by atoms with van der Waals surface area (Å²) in [6, 6.07) is 3.17. The summed E-state index contributed by atoms with van der Waals surface area (Å²) in [5, 5.41) is 21.9. The van der Waals surface area contributed by atoms with Crippen molar-refractivity contribution in [1.82, 2.24) is 0 Å². The molecule has 1 aromatic carbocycles. The molecule has 1 fully saturated rings. The van der Waals surface area contributed by atoms with E-state index in [1.165, 1.54) is 0 Å². The molecule has 1 amide bonds. The van der Waals surface area contributed by atoms with Gasteiger partial charge in [0.2, 0.25) is 15.9 Å². The lowest BCUT2D eigenvalue weighted by atomic mass is 10.1. The minimum absolute atomic E-state index is 0.00782. The number of amides is 1. The molecule has 22 heavy (non-hydrogen) atoms. The highest BCUT2D eigenvalue weighted by molar-refractivity contribution is 7.89. The largest absolute Gasteiger partial charge is 0.478 e. The summed E-state index contributed by atoms with van der Waals surface area (Å²) in [5.41, 5.74) is -0.628. The Kier molecular flexibility index (Phi) is 3.90. The van der Waals surface area contributed by atoms with Gasteiger partial charge in [-0.05, 0) is 18.2 Å². The SMILES string of the molecule is NS(=O)(=O)C1CC(=O)N(c2cc(C(=O)O)cc(C(=O)O)c2)C1. The van der Waals surface area contributed by atoms with Gasteiger partial charge in [-0.15, -0.1) is 0 Å². The average molecular weight is 328 g/mol. The van der Waals surface area contributed by atoms with Crippen LogP contribution in [0.5, 0.6) is 0 Å². The molecule has 2 rings (SSSR count). The first-order valence-electron chi connectivity index (χ1n) is 6.03. The number of aromatic carboxylic acids is 2. The summed E-state index contributed by atoms with van der Waals surface area (Å²) in [6.07, 6.45) is -0.335. The van der Waals surface area contributed by atoms with Crippen LogP contribution in [0.15, 0.2) is 18.2 Å². The fraction of sp³-hybridized carbons (Fsp3) is 0.250. The van der Waals surface area contributed by atoms with Gasteiger partial charge in [0.15, 0.2) is 0 Å². The van der Waals surface area contributed by atoms with Crippen LogP contribution >= 0.6 is 0 Å². The minimum atomic E-state index is -3.92. The molecule has 1 aliphatic heterocycles. The molecule has 1 aliphatic rings. The molecule has 0 radical (unpaired) electrons. The van der Waals surface area contributed by atoms with Crippen molar-refractivity contribution >= 4 is 33.6 Å². The van der Waals surface area contributed by atoms with E-state index in [0.29, 0.717) is 0 Å². The van der Waals surface area contributed by atoms with Gasteiger partial charge in [0.25, 0.3) is 0 Å². The number of anilines is 1. The Morgan fingerprint density at radius 2 is 1.64 bits per heavy atom. The van der Waals surface area contributed by atoms with Crippen molar-refractivity contribution in [3.8, 4) is 0 Å². The van der Waals surface area contributed by atoms with Gasteiger partial charge in [0, 0.05) is 18.7 Å². The Morgan fingerprint density at radius 3 is 2.00 bits per heavy atom. The molecule has 1 unspecified atom stereocenters. The molecule has 1 atom stereocenters. The third kappa shape index (κ3) is 3.07. The zero-order chi connectivity index (χ0) is 16.7. The van der Waals surface area contributed by atoms with Gasteiger partial charge in [-0.3, -0.25) is 4.79 Å². The molecular weight excluding hydrogens is 316 g/mol. The van der Waals surface area contributed by atoms with Gasteiger partial charge in [0.1, 0.15) is 5.25 Å². The third-order valence-electron chi connectivity index (χ3n) is 3.28. The number of nitrogens with zero attached hydrogens (tertiary/aromatic N) is 1. The maximum Gasteiger partial charge on any atom is 0.335 e. The number of carbonyl (C=O) groups is 3. The van der Waals surface area contributed by atoms with Crippen LogP contribution in [0.4, 0.5) is 5.69 Å². The van der Waals surface area contributed by atoms with Crippen molar-refractivity contribution in [3.63, 3.8) is 0 Å². The van der Waals surface area contributed by atoms with Crippen LogP contribution in [0.2, 0.25) is 0 Å². The molecule has 0 spiro atoms. The van der Waals surface area contributed by atoms with E-state index < -0.39 is 33.1 Å². The fourth-order valence-corrected chi connectivity index (χ4v) is 2.89. The van der Waals surface area contributed by atoms with E-state index in [-0.39, 0.29) is 29.8 Å². The van der Waals surface area contributed by atoms with Crippen LogP contribution in [0.25, 0.3) is 0 Å². The summed E-state index contributed by atoms with van der Waals surface area (Å²) in [4.78, 5) is 35.0. The highest BCUT2D eigenvalue weighted by Crippen LogP contribution is 2.26. The number of hydrogen-bond acceptors (Lipinski definition) is 5. The van der Waals surface area contributed by atoms with E-state index in [1.54, 1.807) is 0 Å². The smallest absolute Gasteiger partial charge is 0.335 e. The van der Waals surface area contributed by atoms with E-state index in [9.17, 15) is 22.8 Å². The number of rotatable bonds is 4. The zero-order valence-electron chi connectivity index (χ0n) is 11.1. The van der Waals surface area contributed by atoms with Crippen molar-refractivity contribution in [3.05, 3.63) is 29.3 Å². The monoisotopic (exact) mass is 328 g/mol. The van der Waals surface area contributed by atoms with Crippen LogP contribution in [-0.2, 0) is 14.8 Å². The first kappa shape index (κ1) is 15.9. The first-order valence-corrected chi connectivity index (χ1v) is 7.64. The van der Waals surface area contributed by atoms with Gasteiger partial charge < -0.3 is 15.1 Å². The predicted molar refractivity (Wildman–Crippen MR) is 74.2 cm³/mol. The molecule has 0 bridgehead atoms. The molecule has 1 heterocycles. The predicted octanol–water partition coefficient (Wildman–Crippen LogP) is -0.523. The second-order valence-corrected chi connectivity index (χ2v) is 6.64. The van der Waals surface area contributed by atoms with Crippen LogP contribution in [0, 0.1) is 0 Å². The number of carboxylic acids is 2. The number of hydrogen-bond donors (Lipinski definition) is 3. The number of carbonyl (C=O) groups excluding carboxylic acids is 1. The number of benzene rings is 1. The number of primary sulfonamides is 1. The third-order valence-corrected chi connectivity index (χ3v) is 4.52. The van der Waals surface area contributed by atoms with E-state index in [1.807, 2.05) is 0 Å². The molecule has 1 aromatic rings. The maximum absolute atomic E-state index is 11.9. The molecule has 10 heteroatoms. The molecule has 9 nitrogen and oxygen atoms in total. The molecule has 1 saturated heterocycles. The summed E-state index contributed by atoms with van der Waals surface area (Å²) < 4.78 is 22.6. The molecule has 0 aromatic heterocycles. The normalized spacial score (nSPS) is 18.5. The van der Waals surface area contributed by atoms with Crippen molar-refractivity contribution in [2.75, 3.05) is 11.4 Å². The zero-order valence-corrected chi connectivity index (χ0v) is 11.9. The van der Waals surface area contributed by atoms with Crippen LogP contribution < -0.4 is 10.0 Å². The average Bonchev–Trinajstić information content (AvgIpc) is 2.80.